The fourth-order valence-corrected chi connectivity index (χ4v) is 1.11. The summed E-state index contributed by atoms with van der Waals surface area (Å²) in [6.07, 6.45) is 1.59. The number of rotatable bonds is 1. The van der Waals surface area contributed by atoms with E-state index in [1.54, 1.807) is 18.3 Å². The topological polar surface area (TPSA) is 69.0 Å². The Hall–Kier alpha value is -1.91. The van der Waals surface area contributed by atoms with Gasteiger partial charge in [-0.05, 0) is 0 Å². The van der Waals surface area contributed by atoms with Crippen molar-refractivity contribution in [2.24, 2.45) is 0 Å². The summed E-state index contributed by atoms with van der Waals surface area (Å²) in [6, 6.07) is 4.98. The highest BCUT2D eigenvalue weighted by Crippen LogP contribution is 2.21. The highest BCUT2D eigenvalue weighted by molar-refractivity contribution is 5.86. The molecule has 0 aliphatic carbocycles. The van der Waals surface area contributed by atoms with Crippen molar-refractivity contribution >= 4 is 16.6 Å². The van der Waals surface area contributed by atoms with E-state index in [-0.39, 0.29) is 10.6 Å². The van der Waals surface area contributed by atoms with Crippen LogP contribution in [-0.4, -0.2) is 20.3 Å². The molecule has 0 unspecified atom stereocenters. The van der Waals surface area contributed by atoms with Crippen LogP contribution < -0.4 is 0 Å². The van der Waals surface area contributed by atoms with E-state index in [4.69, 9.17) is 5.21 Å². The SMILES string of the molecule is O=[N+](O)c1cccc2cn[nH]c12. The molecule has 1 heterocycles. The Morgan fingerprint density at radius 1 is 1.50 bits per heavy atom. The van der Waals surface area contributed by atoms with Gasteiger partial charge >= 0.3 is 5.69 Å². The minimum absolute atomic E-state index is 0.171. The Morgan fingerprint density at radius 3 is 3.08 bits per heavy atom. The van der Waals surface area contributed by atoms with Gasteiger partial charge in [0.1, 0.15) is 5.52 Å². The van der Waals surface area contributed by atoms with E-state index in [0.29, 0.717) is 5.52 Å². The molecule has 0 saturated carbocycles. The lowest BCUT2D eigenvalue weighted by atomic mass is 10.2. The number of aromatic amines is 1. The summed E-state index contributed by atoms with van der Waals surface area (Å²) >= 11 is 0. The molecule has 2 aromatic rings. The zero-order valence-corrected chi connectivity index (χ0v) is 6.06. The molecule has 60 valence electrons. The summed E-state index contributed by atoms with van der Waals surface area (Å²) in [7, 11) is 0. The second-order valence-corrected chi connectivity index (χ2v) is 2.38. The van der Waals surface area contributed by atoms with Gasteiger partial charge in [-0.3, -0.25) is 5.10 Å². The second-order valence-electron chi connectivity index (χ2n) is 2.38. The molecule has 0 aliphatic heterocycles. The molecule has 0 atom stereocenters. The van der Waals surface area contributed by atoms with E-state index in [1.165, 1.54) is 6.07 Å². The number of nitrogens with one attached hydrogen (secondary N) is 1. The molecule has 0 aliphatic rings. The molecule has 0 fully saturated rings. The van der Waals surface area contributed by atoms with Gasteiger partial charge in [0.05, 0.1) is 11.1 Å². The zero-order valence-electron chi connectivity index (χ0n) is 6.06. The number of para-hydroxylation sites is 1. The minimum Gasteiger partial charge on any atom is -0.271 e. The summed E-state index contributed by atoms with van der Waals surface area (Å²) in [5.41, 5.74) is 0.708. The van der Waals surface area contributed by atoms with E-state index in [2.05, 4.69) is 10.2 Å². The van der Waals surface area contributed by atoms with Gasteiger partial charge in [-0.1, -0.05) is 12.1 Å². The third kappa shape index (κ3) is 0.833. The fourth-order valence-electron chi connectivity index (χ4n) is 1.11. The van der Waals surface area contributed by atoms with Gasteiger partial charge in [0.15, 0.2) is 0 Å². The zero-order chi connectivity index (χ0) is 8.55. The van der Waals surface area contributed by atoms with Crippen molar-refractivity contribution in [1.82, 2.24) is 10.2 Å². The van der Waals surface area contributed by atoms with Gasteiger partial charge in [-0.2, -0.15) is 5.10 Å². The maximum absolute atomic E-state index is 10.6. The number of fused-ring (bicyclic) bond motifs is 1. The molecule has 12 heavy (non-hydrogen) atoms. The fraction of sp³-hybridized carbons (Fsp3) is 0. The van der Waals surface area contributed by atoms with Crippen LogP contribution in [0, 0.1) is 4.91 Å². The van der Waals surface area contributed by atoms with Gasteiger partial charge in [0, 0.05) is 11.5 Å². The van der Waals surface area contributed by atoms with Gasteiger partial charge < -0.3 is 0 Å². The van der Waals surface area contributed by atoms with Crippen molar-refractivity contribution in [3.05, 3.63) is 29.3 Å². The number of benzene rings is 1. The molecular weight excluding hydrogens is 158 g/mol. The first-order valence-corrected chi connectivity index (χ1v) is 3.37. The van der Waals surface area contributed by atoms with Crippen molar-refractivity contribution in [2.45, 2.75) is 0 Å². The normalized spacial score (nSPS) is 10.3. The highest BCUT2D eigenvalue weighted by Gasteiger charge is 2.16. The van der Waals surface area contributed by atoms with Crippen LogP contribution in [0.1, 0.15) is 0 Å². The smallest absolute Gasteiger partial charge is 0.271 e. The lowest BCUT2D eigenvalue weighted by Crippen LogP contribution is -1.92. The van der Waals surface area contributed by atoms with Crippen LogP contribution in [0.15, 0.2) is 24.4 Å². The molecule has 0 saturated heterocycles. The van der Waals surface area contributed by atoms with Crippen molar-refractivity contribution < 1.29 is 10.1 Å². The standard InChI is InChI=1S/C7H6N3O2/c11-10(12)6-3-1-2-5-4-8-9-7(5)6/h1-4H,(H,8,9)(H,11,12)/q+1. The van der Waals surface area contributed by atoms with Crippen LogP contribution in [-0.2, 0) is 0 Å². The molecule has 0 spiro atoms. The highest BCUT2D eigenvalue weighted by atomic mass is 16.6. The summed E-state index contributed by atoms with van der Waals surface area (Å²) in [4.78, 5) is 10.4. The Labute approximate surface area is 67.2 Å². The second kappa shape index (κ2) is 2.30. The predicted octanol–water partition coefficient (Wildman–Crippen LogP) is 1.36. The number of aromatic nitrogens is 2. The van der Waals surface area contributed by atoms with E-state index >= 15 is 0 Å². The molecule has 0 radical (unpaired) electrons. The average molecular weight is 164 g/mol. The summed E-state index contributed by atoms with van der Waals surface area (Å²) in [5, 5.41) is 15.8. The van der Waals surface area contributed by atoms with Crippen LogP contribution in [0.3, 0.4) is 0 Å². The van der Waals surface area contributed by atoms with E-state index in [0.717, 1.165) is 5.39 Å². The Balaban J connectivity index is 2.82. The Bertz CT molecular complexity index is 435. The van der Waals surface area contributed by atoms with E-state index in [9.17, 15) is 4.91 Å². The minimum atomic E-state index is -0.180. The van der Waals surface area contributed by atoms with Crippen molar-refractivity contribution in [3.8, 4) is 0 Å². The molecule has 2 N–H and O–H groups in total. The number of H-pyrrole nitrogens is 1. The summed E-state index contributed by atoms with van der Waals surface area (Å²) in [5.74, 6) is 0. The molecule has 5 nitrogen and oxygen atoms in total. The molecule has 1 aromatic carbocycles. The third-order valence-electron chi connectivity index (χ3n) is 1.66. The van der Waals surface area contributed by atoms with E-state index < -0.39 is 0 Å². The van der Waals surface area contributed by atoms with Crippen LogP contribution in [0.25, 0.3) is 10.9 Å². The van der Waals surface area contributed by atoms with Crippen molar-refractivity contribution in [3.63, 3.8) is 0 Å². The number of hydrogen-bond acceptors (Lipinski definition) is 2. The summed E-state index contributed by atoms with van der Waals surface area (Å²) in [6.45, 7) is 0. The molecule has 0 amide bonds. The van der Waals surface area contributed by atoms with Gasteiger partial charge in [-0.15, -0.1) is 0 Å². The Morgan fingerprint density at radius 2 is 2.33 bits per heavy atom. The van der Waals surface area contributed by atoms with Gasteiger partial charge in [0.25, 0.3) is 4.92 Å². The maximum Gasteiger partial charge on any atom is 0.341 e. The molecular formula is C7H6N3O2+. The van der Waals surface area contributed by atoms with E-state index in [1.807, 2.05) is 0 Å². The van der Waals surface area contributed by atoms with Gasteiger partial charge in [-0.25, -0.2) is 5.21 Å². The molecule has 0 bridgehead atoms. The Kier molecular flexibility index (Phi) is 1.30. The first kappa shape index (κ1) is 6.78. The van der Waals surface area contributed by atoms with Crippen LogP contribution in [0.4, 0.5) is 5.69 Å². The van der Waals surface area contributed by atoms with Crippen LogP contribution in [0.2, 0.25) is 0 Å². The summed E-state index contributed by atoms with van der Waals surface area (Å²) < 4.78 is 0. The third-order valence-corrected chi connectivity index (χ3v) is 1.66. The lowest BCUT2D eigenvalue weighted by Gasteiger charge is -1.85. The number of hydrogen-bond donors (Lipinski definition) is 2. The quantitative estimate of drug-likeness (QED) is 0.625. The van der Waals surface area contributed by atoms with Gasteiger partial charge in [0.2, 0.25) is 0 Å². The lowest BCUT2D eigenvalue weighted by molar-refractivity contribution is -0.728. The average Bonchev–Trinajstić information content (AvgIpc) is 2.49. The first-order valence-electron chi connectivity index (χ1n) is 3.37. The maximum atomic E-state index is 10.6. The van der Waals surface area contributed by atoms with Crippen LogP contribution in [0.5, 0.6) is 0 Å². The van der Waals surface area contributed by atoms with Crippen LogP contribution >= 0.6 is 0 Å². The molecule has 2 rings (SSSR count). The first-order chi connectivity index (χ1) is 5.79. The predicted molar refractivity (Wildman–Crippen MR) is 41.2 cm³/mol. The monoisotopic (exact) mass is 164 g/mol. The molecule has 5 heteroatoms. The largest absolute Gasteiger partial charge is 0.341 e. The van der Waals surface area contributed by atoms with Crippen molar-refractivity contribution in [2.75, 3.05) is 0 Å². The molecule has 1 aromatic heterocycles. The number of nitrogens with zero attached hydrogens (tertiary/aromatic N) is 2. The van der Waals surface area contributed by atoms with Crippen molar-refractivity contribution in [1.29, 1.82) is 0 Å².